The number of hydrogen-bond acceptors (Lipinski definition) is 0. The standard InChI is InChI=1S/C10H17F5/c1-2-3-4-5-6-7-9(11,12)8-10(13,14)15/h2-8H2,1H3. The van der Waals surface area contributed by atoms with Crippen molar-refractivity contribution in [3.63, 3.8) is 0 Å². The van der Waals surface area contributed by atoms with E-state index in [4.69, 9.17) is 0 Å². The van der Waals surface area contributed by atoms with Crippen LogP contribution in [0.4, 0.5) is 22.0 Å². The van der Waals surface area contributed by atoms with Crippen molar-refractivity contribution in [1.29, 1.82) is 0 Å². The third-order valence-corrected chi connectivity index (χ3v) is 2.11. The van der Waals surface area contributed by atoms with Gasteiger partial charge in [0.1, 0.15) is 6.42 Å². The number of hydrogen-bond donors (Lipinski definition) is 0. The molecule has 5 heteroatoms. The van der Waals surface area contributed by atoms with Crippen molar-refractivity contribution in [3.8, 4) is 0 Å². The molecule has 0 aliphatic rings. The van der Waals surface area contributed by atoms with Gasteiger partial charge in [0.15, 0.2) is 0 Å². The second-order valence-corrected chi connectivity index (χ2v) is 3.81. The van der Waals surface area contributed by atoms with E-state index in [-0.39, 0.29) is 6.42 Å². The van der Waals surface area contributed by atoms with Gasteiger partial charge in [-0.1, -0.05) is 32.6 Å². The fourth-order valence-corrected chi connectivity index (χ4v) is 1.37. The van der Waals surface area contributed by atoms with Gasteiger partial charge in [-0.2, -0.15) is 13.2 Å². The zero-order valence-electron chi connectivity index (χ0n) is 8.84. The van der Waals surface area contributed by atoms with Crippen LogP contribution in [0, 0.1) is 0 Å². The summed E-state index contributed by atoms with van der Waals surface area (Å²) in [5, 5.41) is 0. The van der Waals surface area contributed by atoms with Crippen molar-refractivity contribution < 1.29 is 22.0 Å². The SMILES string of the molecule is CCCCCCCC(F)(F)CC(F)(F)F. The highest BCUT2D eigenvalue weighted by atomic mass is 19.4. The van der Waals surface area contributed by atoms with E-state index in [9.17, 15) is 22.0 Å². The van der Waals surface area contributed by atoms with E-state index >= 15 is 0 Å². The largest absolute Gasteiger partial charge is 0.394 e. The molecule has 0 rings (SSSR count). The lowest BCUT2D eigenvalue weighted by molar-refractivity contribution is -0.189. The van der Waals surface area contributed by atoms with Crippen molar-refractivity contribution >= 4 is 0 Å². The minimum absolute atomic E-state index is 0.170. The Balaban J connectivity index is 3.65. The molecule has 0 radical (unpaired) electrons. The summed E-state index contributed by atoms with van der Waals surface area (Å²) in [5.74, 6) is -3.59. The smallest absolute Gasteiger partial charge is 0.207 e. The second-order valence-electron chi connectivity index (χ2n) is 3.81. The van der Waals surface area contributed by atoms with Gasteiger partial charge >= 0.3 is 6.18 Å². The third-order valence-electron chi connectivity index (χ3n) is 2.11. The average molecular weight is 232 g/mol. The molecule has 0 saturated heterocycles. The first-order chi connectivity index (χ1) is 6.77. The summed E-state index contributed by atoms with van der Waals surface area (Å²) in [7, 11) is 0. The fraction of sp³-hybridized carbons (Fsp3) is 1.00. The molecule has 0 unspecified atom stereocenters. The summed E-state index contributed by atoms with van der Waals surface area (Å²) in [5.41, 5.74) is 0. The average Bonchev–Trinajstić information content (AvgIpc) is 1.99. The summed E-state index contributed by atoms with van der Waals surface area (Å²) in [6.07, 6.45) is -3.91. The molecule has 0 nitrogen and oxygen atoms in total. The Morgan fingerprint density at radius 2 is 1.33 bits per heavy atom. The molecule has 0 N–H and O–H groups in total. The molecule has 0 aromatic carbocycles. The van der Waals surface area contributed by atoms with Crippen molar-refractivity contribution in [2.45, 2.75) is 64.0 Å². The van der Waals surface area contributed by atoms with Crippen LogP contribution in [0.1, 0.15) is 51.9 Å². The Kier molecular flexibility index (Phi) is 6.13. The summed E-state index contributed by atoms with van der Waals surface area (Å²) >= 11 is 0. The lowest BCUT2D eigenvalue weighted by atomic mass is 10.1. The van der Waals surface area contributed by atoms with E-state index in [0.29, 0.717) is 6.42 Å². The Morgan fingerprint density at radius 1 is 0.800 bits per heavy atom. The first-order valence-corrected chi connectivity index (χ1v) is 5.21. The fourth-order valence-electron chi connectivity index (χ4n) is 1.37. The molecule has 0 bridgehead atoms. The van der Waals surface area contributed by atoms with Crippen molar-refractivity contribution in [2.75, 3.05) is 0 Å². The Hall–Kier alpha value is -0.350. The Bertz CT molecular complexity index is 162. The van der Waals surface area contributed by atoms with Gasteiger partial charge in [-0.15, -0.1) is 0 Å². The zero-order valence-corrected chi connectivity index (χ0v) is 8.84. The van der Waals surface area contributed by atoms with E-state index in [1.807, 2.05) is 6.92 Å². The van der Waals surface area contributed by atoms with Gasteiger partial charge in [0.2, 0.25) is 0 Å². The first-order valence-electron chi connectivity index (χ1n) is 5.21. The number of unbranched alkanes of at least 4 members (excludes halogenated alkanes) is 4. The van der Waals surface area contributed by atoms with E-state index in [2.05, 4.69) is 0 Å². The summed E-state index contributed by atoms with van der Waals surface area (Å²) in [4.78, 5) is 0. The molecule has 0 amide bonds. The number of alkyl halides is 5. The molecule has 15 heavy (non-hydrogen) atoms. The summed E-state index contributed by atoms with van der Waals surface area (Å²) < 4.78 is 60.5. The van der Waals surface area contributed by atoms with Crippen LogP contribution >= 0.6 is 0 Å². The van der Waals surface area contributed by atoms with Gasteiger partial charge in [-0.05, 0) is 6.42 Å². The number of rotatable bonds is 7. The first kappa shape index (κ1) is 14.6. The monoisotopic (exact) mass is 232 g/mol. The molecule has 0 fully saturated rings. The molecule has 92 valence electrons. The molecule has 0 heterocycles. The third kappa shape index (κ3) is 9.94. The molecule has 0 spiro atoms. The van der Waals surface area contributed by atoms with Gasteiger partial charge in [-0.3, -0.25) is 0 Å². The minimum atomic E-state index is -4.77. The van der Waals surface area contributed by atoms with Crippen molar-refractivity contribution in [1.82, 2.24) is 0 Å². The highest BCUT2D eigenvalue weighted by Crippen LogP contribution is 2.35. The lowest BCUT2D eigenvalue weighted by Crippen LogP contribution is -2.25. The maximum Gasteiger partial charge on any atom is 0.394 e. The summed E-state index contributed by atoms with van der Waals surface area (Å²) in [6, 6.07) is 0. The van der Waals surface area contributed by atoms with Crippen LogP contribution in [-0.4, -0.2) is 12.1 Å². The van der Waals surface area contributed by atoms with E-state index in [1.165, 1.54) is 0 Å². The van der Waals surface area contributed by atoms with Gasteiger partial charge in [0, 0.05) is 6.42 Å². The summed E-state index contributed by atoms with van der Waals surface area (Å²) in [6.45, 7) is 1.98. The molecule has 0 aliphatic heterocycles. The number of halogens is 5. The minimum Gasteiger partial charge on any atom is -0.207 e. The highest BCUT2D eigenvalue weighted by molar-refractivity contribution is 4.70. The van der Waals surface area contributed by atoms with E-state index < -0.39 is 24.9 Å². The van der Waals surface area contributed by atoms with Crippen LogP contribution in [-0.2, 0) is 0 Å². The quantitative estimate of drug-likeness (QED) is 0.431. The van der Waals surface area contributed by atoms with Crippen LogP contribution in [0.3, 0.4) is 0 Å². The Morgan fingerprint density at radius 3 is 1.80 bits per heavy atom. The molecule has 0 aromatic heterocycles. The lowest BCUT2D eigenvalue weighted by Gasteiger charge is -2.17. The Labute approximate surface area is 86.9 Å². The molecule has 0 atom stereocenters. The highest BCUT2D eigenvalue weighted by Gasteiger charge is 2.42. The maximum atomic E-state index is 12.7. The van der Waals surface area contributed by atoms with E-state index in [0.717, 1.165) is 19.3 Å². The molecular formula is C10H17F5. The van der Waals surface area contributed by atoms with E-state index in [1.54, 1.807) is 0 Å². The van der Waals surface area contributed by atoms with Crippen LogP contribution in [0.5, 0.6) is 0 Å². The van der Waals surface area contributed by atoms with Crippen LogP contribution in [0.2, 0.25) is 0 Å². The molecular weight excluding hydrogens is 215 g/mol. The molecule has 0 aromatic rings. The van der Waals surface area contributed by atoms with Crippen molar-refractivity contribution in [3.05, 3.63) is 0 Å². The van der Waals surface area contributed by atoms with Crippen molar-refractivity contribution in [2.24, 2.45) is 0 Å². The van der Waals surface area contributed by atoms with Crippen LogP contribution in [0.25, 0.3) is 0 Å². The molecule has 0 aliphatic carbocycles. The van der Waals surface area contributed by atoms with Crippen LogP contribution in [0.15, 0.2) is 0 Å². The zero-order chi connectivity index (χ0) is 11.9. The topological polar surface area (TPSA) is 0 Å². The molecule has 0 saturated carbocycles. The normalized spacial score (nSPS) is 13.2. The van der Waals surface area contributed by atoms with Gasteiger partial charge in [-0.25, -0.2) is 8.78 Å². The maximum absolute atomic E-state index is 12.7. The van der Waals surface area contributed by atoms with Gasteiger partial charge < -0.3 is 0 Å². The predicted molar refractivity (Wildman–Crippen MR) is 49.0 cm³/mol. The van der Waals surface area contributed by atoms with Gasteiger partial charge in [0.25, 0.3) is 5.92 Å². The van der Waals surface area contributed by atoms with Crippen LogP contribution < -0.4 is 0 Å². The van der Waals surface area contributed by atoms with Gasteiger partial charge in [0.05, 0.1) is 0 Å². The second kappa shape index (κ2) is 6.28. The predicted octanol–water partition coefficient (Wildman–Crippen LogP) is 4.93.